The molecule has 1 aromatic heterocycles. The van der Waals surface area contributed by atoms with Crippen molar-refractivity contribution in [1.29, 1.82) is 0 Å². The standard InChI is InChI=1S/C9H11N3S/c1-7-6-11-9(13-7)12-8-4-2-3-5-10-8/h2-5,7H,6H2,1H3,(H,10,11,12)/t7-/m1/s1. The Hall–Kier alpha value is -1.03. The second kappa shape index (κ2) is 3.79. The minimum absolute atomic E-state index is 0.589. The lowest BCUT2D eigenvalue weighted by atomic mass is 10.5. The van der Waals surface area contributed by atoms with Gasteiger partial charge in [-0.15, -0.1) is 0 Å². The van der Waals surface area contributed by atoms with Crippen LogP contribution in [0.25, 0.3) is 0 Å². The summed E-state index contributed by atoms with van der Waals surface area (Å²) in [5.74, 6) is 0.864. The van der Waals surface area contributed by atoms with Gasteiger partial charge in [-0.1, -0.05) is 24.8 Å². The predicted molar refractivity (Wildman–Crippen MR) is 57.2 cm³/mol. The summed E-state index contributed by atoms with van der Waals surface area (Å²) >= 11 is 1.76. The summed E-state index contributed by atoms with van der Waals surface area (Å²) in [4.78, 5) is 8.50. The minimum atomic E-state index is 0.589. The molecule has 3 nitrogen and oxygen atoms in total. The lowest BCUT2D eigenvalue weighted by Gasteiger charge is -2.03. The fourth-order valence-corrected chi connectivity index (χ4v) is 1.93. The first-order valence-electron chi connectivity index (χ1n) is 4.24. The van der Waals surface area contributed by atoms with Crippen LogP contribution in [0, 0.1) is 0 Å². The van der Waals surface area contributed by atoms with E-state index in [-0.39, 0.29) is 0 Å². The number of nitrogens with one attached hydrogen (secondary N) is 1. The molecule has 1 atom stereocenters. The first-order chi connectivity index (χ1) is 6.34. The second-order valence-electron chi connectivity index (χ2n) is 2.91. The average molecular weight is 193 g/mol. The van der Waals surface area contributed by atoms with Crippen LogP contribution >= 0.6 is 11.8 Å². The quantitative estimate of drug-likeness (QED) is 0.741. The zero-order valence-electron chi connectivity index (χ0n) is 7.40. The van der Waals surface area contributed by atoms with Crippen molar-refractivity contribution in [3.05, 3.63) is 24.4 Å². The molecule has 0 amide bonds. The molecule has 0 aromatic carbocycles. The van der Waals surface area contributed by atoms with Crippen LogP contribution in [0.15, 0.2) is 29.4 Å². The monoisotopic (exact) mass is 193 g/mol. The summed E-state index contributed by atoms with van der Waals surface area (Å²) in [5, 5.41) is 4.74. The van der Waals surface area contributed by atoms with E-state index in [1.165, 1.54) is 0 Å². The maximum absolute atomic E-state index is 4.34. The summed E-state index contributed by atoms with van der Waals surface area (Å²) in [5.41, 5.74) is 0. The van der Waals surface area contributed by atoms with Crippen molar-refractivity contribution in [3.63, 3.8) is 0 Å². The highest BCUT2D eigenvalue weighted by molar-refractivity contribution is 8.15. The number of hydrogen-bond donors (Lipinski definition) is 1. The molecule has 0 radical (unpaired) electrons. The van der Waals surface area contributed by atoms with Gasteiger partial charge >= 0.3 is 0 Å². The van der Waals surface area contributed by atoms with Gasteiger partial charge in [-0.3, -0.25) is 4.99 Å². The molecule has 0 saturated carbocycles. The van der Waals surface area contributed by atoms with E-state index in [0.29, 0.717) is 5.25 Å². The average Bonchev–Trinajstić information content (AvgIpc) is 2.53. The fraction of sp³-hybridized carbons (Fsp3) is 0.333. The van der Waals surface area contributed by atoms with E-state index >= 15 is 0 Å². The maximum Gasteiger partial charge on any atom is 0.162 e. The molecule has 0 aliphatic carbocycles. The summed E-state index contributed by atoms with van der Waals surface area (Å²) < 4.78 is 0. The largest absolute Gasteiger partial charge is 0.320 e. The molecular weight excluding hydrogens is 182 g/mol. The van der Waals surface area contributed by atoms with Gasteiger partial charge in [0.05, 0.1) is 6.54 Å². The Labute approximate surface area is 81.7 Å². The molecule has 4 heteroatoms. The fourth-order valence-electron chi connectivity index (χ4n) is 1.09. The Balaban J connectivity index is 2.00. The van der Waals surface area contributed by atoms with Crippen LogP contribution in [-0.4, -0.2) is 21.9 Å². The van der Waals surface area contributed by atoms with Gasteiger partial charge in [0.1, 0.15) is 5.82 Å². The van der Waals surface area contributed by atoms with Crippen molar-refractivity contribution >= 4 is 22.7 Å². The number of aliphatic imine (C=N–C) groups is 1. The SMILES string of the molecule is C[C@@H]1CN=C(Nc2ccccn2)S1. The summed E-state index contributed by atoms with van der Waals surface area (Å²) in [6.45, 7) is 3.07. The molecule has 1 aliphatic heterocycles. The van der Waals surface area contributed by atoms with E-state index in [4.69, 9.17) is 0 Å². The van der Waals surface area contributed by atoms with Gasteiger partial charge in [0.15, 0.2) is 5.17 Å². The highest BCUT2D eigenvalue weighted by atomic mass is 32.2. The zero-order valence-corrected chi connectivity index (χ0v) is 8.21. The molecule has 1 aliphatic rings. The first-order valence-corrected chi connectivity index (χ1v) is 5.12. The van der Waals surface area contributed by atoms with Crippen LogP contribution in [-0.2, 0) is 0 Å². The molecule has 2 rings (SSSR count). The number of nitrogens with zero attached hydrogens (tertiary/aromatic N) is 2. The molecule has 1 N–H and O–H groups in total. The highest BCUT2D eigenvalue weighted by Crippen LogP contribution is 2.20. The van der Waals surface area contributed by atoms with Crippen LogP contribution in [0.4, 0.5) is 5.82 Å². The molecule has 68 valence electrons. The van der Waals surface area contributed by atoms with E-state index < -0.39 is 0 Å². The topological polar surface area (TPSA) is 37.3 Å². The van der Waals surface area contributed by atoms with Crippen LogP contribution in [0.1, 0.15) is 6.92 Å². The summed E-state index contributed by atoms with van der Waals surface area (Å²) in [6.07, 6.45) is 1.77. The Morgan fingerprint density at radius 2 is 2.46 bits per heavy atom. The Morgan fingerprint density at radius 3 is 3.08 bits per heavy atom. The van der Waals surface area contributed by atoms with E-state index in [1.54, 1.807) is 18.0 Å². The number of rotatable bonds is 1. The lowest BCUT2D eigenvalue weighted by Crippen LogP contribution is -2.06. The molecule has 0 fully saturated rings. The third-order valence-electron chi connectivity index (χ3n) is 1.70. The zero-order chi connectivity index (χ0) is 9.10. The Bertz CT molecular complexity index is 310. The van der Waals surface area contributed by atoms with Crippen molar-refractivity contribution in [1.82, 2.24) is 4.98 Å². The molecule has 0 bridgehead atoms. The van der Waals surface area contributed by atoms with Gasteiger partial charge in [0.2, 0.25) is 0 Å². The molecular formula is C9H11N3S. The second-order valence-corrected chi connectivity index (χ2v) is 4.34. The third-order valence-corrected chi connectivity index (χ3v) is 2.71. The highest BCUT2D eigenvalue weighted by Gasteiger charge is 2.14. The van der Waals surface area contributed by atoms with Crippen molar-refractivity contribution in [3.8, 4) is 0 Å². The van der Waals surface area contributed by atoms with E-state index in [0.717, 1.165) is 17.5 Å². The lowest BCUT2D eigenvalue weighted by molar-refractivity contribution is 0.976. The summed E-state index contributed by atoms with van der Waals surface area (Å²) in [6, 6.07) is 5.79. The van der Waals surface area contributed by atoms with E-state index in [9.17, 15) is 0 Å². The number of thioether (sulfide) groups is 1. The van der Waals surface area contributed by atoms with Crippen LogP contribution in [0.2, 0.25) is 0 Å². The van der Waals surface area contributed by atoms with Crippen molar-refractivity contribution < 1.29 is 0 Å². The maximum atomic E-state index is 4.34. The number of pyridine rings is 1. The molecule has 0 saturated heterocycles. The molecule has 1 aromatic rings. The normalized spacial score (nSPS) is 21.3. The molecule has 13 heavy (non-hydrogen) atoms. The van der Waals surface area contributed by atoms with Crippen molar-refractivity contribution in [2.45, 2.75) is 12.2 Å². The van der Waals surface area contributed by atoms with E-state index in [1.807, 2.05) is 18.2 Å². The van der Waals surface area contributed by atoms with Gasteiger partial charge < -0.3 is 5.32 Å². The first kappa shape index (κ1) is 8.56. The number of amidine groups is 1. The smallest absolute Gasteiger partial charge is 0.162 e. The van der Waals surface area contributed by atoms with Crippen molar-refractivity contribution in [2.75, 3.05) is 11.9 Å². The number of hydrogen-bond acceptors (Lipinski definition) is 4. The van der Waals surface area contributed by atoms with E-state index in [2.05, 4.69) is 22.2 Å². The molecule has 2 heterocycles. The van der Waals surface area contributed by atoms with Crippen LogP contribution in [0.3, 0.4) is 0 Å². The minimum Gasteiger partial charge on any atom is -0.320 e. The predicted octanol–water partition coefficient (Wildman–Crippen LogP) is 1.98. The van der Waals surface area contributed by atoms with Gasteiger partial charge in [0.25, 0.3) is 0 Å². The molecule has 0 spiro atoms. The van der Waals surface area contributed by atoms with Gasteiger partial charge in [0, 0.05) is 11.4 Å². The van der Waals surface area contributed by atoms with Gasteiger partial charge in [-0.25, -0.2) is 4.98 Å². The van der Waals surface area contributed by atoms with Crippen LogP contribution < -0.4 is 5.32 Å². The Morgan fingerprint density at radius 1 is 1.54 bits per heavy atom. The van der Waals surface area contributed by atoms with Crippen molar-refractivity contribution in [2.24, 2.45) is 4.99 Å². The number of anilines is 1. The van der Waals surface area contributed by atoms with Crippen LogP contribution in [0.5, 0.6) is 0 Å². The number of aromatic nitrogens is 1. The third kappa shape index (κ3) is 2.21. The van der Waals surface area contributed by atoms with Gasteiger partial charge in [-0.2, -0.15) is 0 Å². The van der Waals surface area contributed by atoms with Gasteiger partial charge in [-0.05, 0) is 12.1 Å². The Kier molecular flexibility index (Phi) is 2.49. The summed E-state index contributed by atoms with van der Waals surface area (Å²) in [7, 11) is 0. The molecule has 0 unspecified atom stereocenters.